The second-order valence-electron chi connectivity index (χ2n) is 6.68. The van der Waals surface area contributed by atoms with Crippen LogP contribution in [-0.2, 0) is 11.3 Å². The molecule has 3 aromatic rings. The molecule has 0 spiro atoms. The Hall–Kier alpha value is -3.29. The van der Waals surface area contributed by atoms with Gasteiger partial charge in [0.1, 0.15) is 6.54 Å². The zero-order chi connectivity index (χ0) is 18.8. The smallest absolute Gasteiger partial charge is 0.325 e. The SMILES string of the molecule is O=C(O)Cn1ccc([C@H]2CCCN(C(=O)c3ccc4nccnc4c3)C2)n1. The standard InChI is InChI=1S/C19H19N5O3/c25-18(26)12-24-9-5-15(22-24)14-2-1-8-23(11-14)19(27)13-3-4-16-17(10-13)21-7-6-20-16/h3-7,9-10,14H,1-2,8,11-12H2,(H,25,26)/t14-/m0/s1. The lowest BCUT2D eigenvalue weighted by Crippen LogP contribution is -2.39. The molecule has 0 saturated carbocycles. The molecule has 27 heavy (non-hydrogen) atoms. The number of benzene rings is 1. The number of carboxylic acid groups (broad SMARTS) is 1. The molecule has 0 bridgehead atoms. The van der Waals surface area contributed by atoms with Crippen LogP contribution in [0.5, 0.6) is 0 Å². The van der Waals surface area contributed by atoms with Crippen molar-refractivity contribution < 1.29 is 14.7 Å². The third-order valence-corrected chi connectivity index (χ3v) is 4.80. The summed E-state index contributed by atoms with van der Waals surface area (Å²) in [6.45, 7) is 1.11. The molecule has 1 atom stereocenters. The highest BCUT2D eigenvalue weighted by molar-refractivity contribution is 5.97. The second-order valence-corrected chi connectivity index (χ2v) is 6.68. The molecule has 138 valence electrons. The van der Waals surface area contributed by atoms with Crippen LogP contribution in [0.25, 0.3) is 11.0 Å². The fourth-order valence-electron chi connectivity index (χ4n) is 3.50. The van der Waals surface area contributed by atoms with Gasteiger partial charge < -0.3 is 10.0 Å². The largest absolute Gasteiger partial charge is 0.480 e. The number of carboxylic acids is 1. The molecule has 1 amide bonds. The number of aromatic nitrogens is 4. The molecular weight excluding hydrogens is 346 g/mol. The molecule has 4 rings (SSSR count). The predicted molar refractivity (Wildman–Crippen MR) is 97.3 cm³/mol. The van der Waals surface area contributed by atoms with E-state index in [9.17, 15) is 9.59 Å². The van der Waals surface area contributed by atoms with Crippen LogP contribution in [0.15, 0.2) is 42.9 Å². The number of carbonyl (C=O) groups is 2. The Kier molecular flexibility index (Phi) is 4.53. The van der Waals surface area contributed by atoms with E-state index in [4.69, 9.17) is 5.11 Å². The quantitative estimate of drug-likeness (QED) is 0.758. The van der Waals surface area contributed by atoms with Crippen molar-refractivity contribution in [3.05, 3.63) is 54.1 Å². The van der Waals surface area contributed by atoms with Crippen LogP contribution >= 0.6 is 0 Å². The molecular formula is C19H19N5O3. The van der Waals surface area contributed by atoms with E-state index in [0.717, 1.165) is 24.1 Å². The number of hydrogen-bond acceptors (Lipinski definition) is 5. The van der Waals surface area contributed by atoms with Gasteiger partial charge in [-0.25, -0.2) is 0 Å². The Bertz CT molecular complexity index is 1000. The number of likely N-dealkylation sites (tertiary alicyclic amines) is 1. The fourth-order valence-corrected chi connectivity index (χ4v) is 3.50. The number of fused-ring (bicyclic) bond motifs is 1. The minimum Gasteiger partial charge on any atom is -0.480 e. The van der Waals surface area contributed by atoms with Gasteiger partial charge in [0.05, 0.1) is 16.7 Å². The van der Waals surface area contributed by atoms with E-state index in [2.05, 4.69) is 15.1 Å². The topological polar surface area (TPSA) is 101 Å². The van der Waals surface area contributed by atoms with E-state index in [1.165, 1.54) is 4.68 Å². The molecule has 8 nitrogen and oxygen atoms in total. The molecule has 0 radical (unpaired) electrons. The van der Waals surface area contributed by atoms with Gasteiger partial charge in [-0.1, -0.05) is 0 Å². The monoisotopic (exact) mass is 365 g/mol. The summed E-state index contributed by atoms with van der Waals surface area (Å²) in [5.74, 6) is -0.847. The minimum atomic E-state index is -0.926. The first-order chi connectivity index (χ1) is 13.1. The Morgan fingerprint density at radius 1 is 1.15 bits per heavy atom. The van der Waals surface area contributed by atoms with Crippen molar-refractivity contribution in [2.24, 2.45) is 0 Å². The molecule has 1 aromatic carbocycles. The Labute approximate surface area is 155 Å². The first-order valence-electron chi connectivity index (χ1n) is 8.85. The van der Waals surface area contributed by atoms with Crippen molar-refractivity contribution in [3.8, 4) is 0 Å². The van der Waals surface area contributed by atoms with E-state index in [0.29, 0.717) is 24.2 Å². The molecule has 1 aliphatic rings. The lowest BCUT2D eigenvalue weighted by molar-refractivity contribution is -0.137. The zero-order valence-corrected chi connectivity index (χ0v) is 14.7. The van der Waals surface area contributed by atoms with Gasteiger partial charge in [0, 0.05) is 43.2 Å². The number of amides is 1. The second kappa shape index (κ2) is 7.14. The van der Waals surface area contributed by atoms with Crippen molar-refractivity contribution in [2.45, 2.75) is 25.3 Å². The Balaban J connectivity index is 1.50. The van der Waals surface area contributed by atoms with E-state index in [1.54, 1.807) is 30.7 Å². The predicted octanol–water partition coefficient (Wildman–Crippen LogP) is 1.93. The number of nitrogens with zero attached hydrogens (tertiary/aromatic N) is 5. The summed E-state index contributed by atoms with van der Waals surface area (Å²) in [6, 6.07) is 7.21. The lowest BCUT2D eigenvalue weighted by Gasteiger charge is -2.32. The van der Waals surface area contributed by atoms with Crippen molar-refractivity contribution >= 4 is 22.9 Å². The number of carbonyl (C=O) groups excluding carboxylic acids is 1. The van der Waals surface area contributed by atoms with E-state index in [1.807, 2.05) is 17.0 Å². The molecule has 0 unspecified atom stereocenters. The molecule has 0 aliphatic carbocycles. The van der Waals surface area contributed by atoms with Gasteiger partial charge in [-0.15, -0.1) is 0 Å². The van der Waals surface area contributed by atoms with E-state index in [-0.39, 0.29) is 18.4 Å². The Morgan fingerprint density at radius 3 is 2.78 bits per heavy atom. The average Bonchev–Trinajstić information content (AvgIpc) is 3.15. The van der Waals surface area contributed by atoms with Crippen LogP contribution in [0.1, 0.15) is 34.8 Å². The first kappa shape index (κ1) is 17.1. The highest BCUT2D eigenvalue weighted by Crippen LogP contribution is 2.27. The molecule has 1 aliphatic heterocycles. The number of rotatable bonds is 4. The van der Waals surface area contributed by atoms with E-state index < -0.39 is 5.97 Å². The van der Waals surface area contributed by atoms with Gasteiger partial charge in [-0.3, -0.25) is 24.2 Å². The Morgan fingerprint density at radius 2 is 1.96 bits per heavy atom. The zero-order valence-electron chi connectivity index (χ0n) is 14.7. The maximum atomic E-state index is 12.9. The summed E-state index contributed by atoms with van der Waals surface area (Å²) in [4.78, 5) is 34.1. The van der Waals surface area contributed by atoms with Crippen LogP contribution in [0.3, 0.4) is 0 Å². The number of aliphatic carboxylic acids is 1. The molecule has 8 heteroatoms. The summed E-state index contributed by atoms with van der Waals surface area (Å²) in [7, 11) is 0. The minimum absolute atomic E-state index is 0.0304. The van der Waals surface area contributed by atoms with Gasteiger partial charge >= 0.3 is 5.97 Å². The van der Waals surface area contributed by atoms with Gasteiger partial charge in [-0.05, 0) is 37.1 Å². The van der Waals surface area contributed by atoms with Gasteiger partial charge in [0.15, 0.2) is 0 Å². The maximum Gasteiger partial charge on any atom is 0.325 e. The van der Waals surface area contributed by atoms with Crippen LogP contribution in [0, 0.1) is 0 Å². The van der Waals surface area contributed by atoms with Crippen molar-refractivity contribution in [1.29, 1.82) is 0 Å². The fraction of sp³-hybridized carbons (Fsp3) is 0.316. The molecule has 2 aromatic heterocycles. The van der Waals surface area contributed by atoms with Crippen LogP contribution in [-0.4, -0.2) is 54.7 Å². The third-order valence-electron chi connectivity index (χ3n) is 4.80. The first-order valence-corrected chi connectivity index (χ1v) is 8.85. The summed E-state index contributed by atoms with van der Waals surface area (Å²) in [5.41, 5.74) is 2.89. The highest BCUT2D eigenvalue weighted by Gasteiger charge is 2.27. The van der Waals surface area contributed by atoms with Crippen LogP contribution in [0.4, 0.5) is 0 Å². The summed E-state index contributed by atoms with van der Waals surface area (Å²) < 4.78 is 1.42. The van der Waals surface area contributed by atoms with Crippen molar-refractivity contribution in [2.75, 3.05) is 13.1 Å². The van der Waals surface area contributed by atoms with E-state index >= 15 is 0 Å². The number of piperidine rings is 1. The summed E-state index contributed by atoms with van der Waals surface area (Å²) in [6.07, 6.45) is 6.72. The normalized spacial score (nSPS) is 17.2. The van der Waals surface area contributed by atoms with Gasteiger partial charge in [0.2, 0.25) is 0 Å². The number of hydrogen-bond donors (Lipinski definition) is 1. The molecule has 1 N–H and O–H groups in total. The maximum absolute atomic E-state index is 12.9. The van der Waals surface area contributed by atoms with Crippen molar-refractivity contribution in [1.82, 2.24) is 24.6 Å². The van der Waals surface area contributed by atoms with Crippen LogP contribution < -0.4 is 0 Å². The highest BCUT2D eigenvalue weighted by atomic mass is 16.4. The van der Waals surface area contributed by atoms with Gasteiger partial charge in [0.25, 0.3) is 5.91 Å². The molecule has 1 saturated heterocycles. The lowest BCUT2D eigenvalue weighted by atomic mass is 9.94. The molecule has 1 fully saturated rings. The third kappa shape index (κ3) is 3.64. The van der Waals surface area contributed by atoms with Gasteiger partial charge in [-0.2, -0.15) is 5.10 Å². The van der Waals surface area contributed by atoms with Crippen molar-refractivity contribution in [3.63, 3.8) is 0 Å². The molecule has 3 heterocycles. The average molecular weight is 365 g/mol. The summed E-state index contributed by atoms with van der Waals surface area (Å²) >= 11 is 0. The summed E-state index contributed by atoms with van der Waals surface area (Å²) in [5, 5.41) is 13.2. The van der Waals surface area contributed by atoms with Crippen LogP contribution in [0.2, 0.25) is 0 Å².